The Morgan fingerprint density at radius 3 is 2.36 bits per heavy atom. The number of ether oxygens (including phenoxy) is 3. The van der Waals surface area contributed by atoms with Crippen LogP contribution < -0.4 is 29.6 Å². The van der Waals surface area contributed by atoms with Crippen molar-refractivity contribution < 1.29 is 22.6 Å². The number of halogens is 1. The minimum atomic E-state index is -3.56. The molecule has 3 aromatic carbocycles. The quantitative estimate of drug-likeness (QED) is 0.203. The molecule has 10 nitrogen and oxygen atoms in total. The van der Waals surface area contributed by atoms with Crippen molar-refractivity contribution in [1.29, 1.82) is 0 Å². The topological polar surface area (TPSA) is 124 Å². The Kier molecular flexibility index (Phi) is 8.62. The second-order valence-electron chi connectivity index (χ2n) is 8.52. The van der Waals surface area contributed by atoms with Gasteiger partial charge in [0, 0.05) is 17.8 Å². The molecule has 1 aromatic heterocycles. The third-order valence-electron chi connectivity index (χ3n) is 5.51. The van der Waals surface area contributed by atoms with Crippen LogP contribution in [0, 0.1) is 6.92 Å². The molecule has 0 unspecified atom stereocenters. The summed E-state index contributed by atoms with van der Waals surface area (Å²) >= 11 is 6.37. The van der Waals surface area contributed by atoms with E-state index in [2.05, 4.69) is 25.3 Å². The number of nitrogens with one attached hydrogen (secondary N) is 3. The number of aryl methyl sites for hydroxylation is 1. The van der Waals surface area contributed by atoms with Gasteiger partial charge < -0.3 is 24.8 Å². The maximum absolute atomic E-state index is 11.9. The molecule has 204 valence electrons. The summed E-state index contributed by atoms with van der Waals surface area (Å²) in [4.78, 5) is 8.80. The molecule has 0 atom stereocenters. The van der Waals surface area contributed by atoms with Crippen LogP contribution in [0.1, 0.15) is 11.1 Å². The first-order chi connectivity index (χ1) is 18.6. The number of sulfonamides is 1. The third-order valence-corrected chi connectivity index (χ3v) is 6.38. The highest BCUT2D eigenvalue weighted by Crippen LogP contribution is 2.36. The lowest BCUT2D eigenvalue weighted by Crippen LogP contribution is -2.11. The van der Waals surface area contributed by atoms with Gasteiger partial charge in [0.05, 0.1) is 38.0 Å². The molecule has 1 heterocycles. The van der Waals surface area contributed by atoms with Crippen LogP contribution in [0.3, 0.4) is 0 Å². The first-order valence-electron chi connectivity index (χ1n) is 11.7. The van der Waals surface area contributed by atoms with Crippen molar-refractivity contribution in [3.8, 4) is 17.2 Å². The number of nitrogens with zero attached hydrogens (tertiary/aromatic N) is 2. The summed E-state index contributed by atoms with van der Waals surface area (Å²) in [7, 11) is -0.481. The molecule has 0 aliphatic rings. The molecule has 39 heavy (non-hydrogen) atoms. The van der Waals surface area contributed by atoms with Gasteiger partial charge in [0.15, 0.2) is 17.3 Å². The maximum atomic E-state index is 11.9. The minimum absolute atomic E-state index is 0.236. The first-order valence-corrected chi connectivity index (χ1v) is 14.0. The third kappa shape index (κ3) is 7.43. The average Bonchev–Trinajstić information content (AvgIpc) is 2.91. The standard InChI is InChI=1S/C27H28ClN5O5S/c1-17-12-24(37-3)25(38-16-18-8-6-5-7-9-18)14-22(17)31-27-29-15-20(28)26(32-27)30-21-11-10-19(36-2)13-23(21)33-39(4,34)35/h5-15,33H,16H2,1-4H3,(H2,29,30,31,32). The Morgan fingerprint density at radius 2 is 1.67 bits per heavy atom. The molecule has 4 aromatic rings. The predicted octanol–water partition coefficient (Wildman–Crippen LogP) is 5.89. The highest BCUT2D eigenvalue weighted by molar-refractivity contribution is 7.92. The number of benzene rings is 3. The van der Waals surface area contributed by atoms with Crippen LogP contribution in [0.4, 0.5) is 28.8 Å². The molecule has 0 amide bonds. The van der Waals surface area contributed by atoms with Crippen molar-refractivity contribution in [3.05, 3.63) is 83.0 Å². The van der Waals surface area contributed by atoms with E-state index >= 15 is 0 Å². The van der Waals surface area contributed by atoms with Gasteiger partial charge in [-0.25, -0.2) is 13.4 Å². The highest BCUT2D eigenvalue weighted by atomic mass is 35.5. The van der Waals surface area contributed by atoms with Crippen LogP contribution in [-0.4, -0.2) is 38.9 Å². The summed E-state index contributed by atoms with van der Waals surface area (Å²) in [6.45, 7) is 2.29. The van der Waals surface area contributed by atoms with Gasteiger partial charge in [-0.05, 0) is 36.2 Å². The van der Waals surface area contributed by atoms with E-state index in [0.717, 1.165) is 17.4 Å². The first kappa shape index (κ1) is 27.8. The zero-order chi connectivity index (χ0) is 28.0. The maximum Gasteiger partial charge on any atom is 0.229 e. The van der Waals surface area contributed by atoms with Crippen LogP contribution in [-0.2, 0) is 16.6 Å². The van der Waals surface area contributed by atoms with Crippen molar-refractivity contribution >= 4 is 50.5 Å². The number of rotatable bonds is 11. The number of anilines is 5. The van der Waals surface area contributed by atoms with Gasteiger partial charge in [0.25, 0.3) is 0 Å². The van der Waals surface area contributed by atoms with E-state index in [-0.39, 0.29) is 22.5 Å². The zero-order valence-electron chi connectivity index (χ0n) is 21.8. The molecule has 3 N–H and O–H groups in total. The van der Waals surface area contributed by atoms with Gasteiger partial charge in [-0.1, -0.05) is 41.9 Å². The molecule has 0 saturated carbocycles. The van der Waals surface area contributed by atoms with Gasteiger partial charge in [-0.15, -0.1) is 0 Å². The lowest BCUT2D eigenvalue weighted by molar-refractivity contribution is 0.284. The Hall–Kier alpha value is -4.22. The Labute approximate surface area is 232 Å². The SMILES string of the molecule is COc1ccc(Nc2nc(Nc3cc(OCc4ccccc4)c(OC)cc3C)ncc2Cl)c(NS(C)(=O)=O)c1. The van der Waals surface area contributed by atoms with Gasteiger partial charge >= 0.3 is 0 Å². The van der Waals surface area contributed by atoms with E-state index in [4.69, 9.17) is 25.8 Å². The van der Waals surface area contributed by atoms with E-state index in [9.17, 15) is 8.42 Å². The highest BCUT2D eigenvalue weighted by Gasteiger charge is 2.15. The van der Waals surface area contributed by atoms with E-state index in [1.54, 1.807) is 25.3 Å². The fraction of sp³-hybridized carbons (Fsp3) is 0.185. The number of methoxy groups -OCH3 is 2. The summed E-state index contributed by atoms with van der Waals surface area (Å²) < 4.78 is 43.0. The minimum Gasteiger partial charge on any atom is -0.497 e. The summed E-state index contributed by atoms with van der Waals surface area (Å²) in [5, 5.41) is 6.51. The molecule has 0 fully saturated rings. The van der Waals surface area contributed by atoms with E-state index in [0.29, 0.717) is 35.2 Å². The lowest BCUT2D eigenvalue weighted by atomic mass is 10.1. The second-order valence-corrected chi connectivity index (χ2v) is 10.7. The lowest BCUT2D eigenvalue weighted by Gasteiger charge is -2.17. The van der Waals surface area contributed by atoms with Crippen LogP contribution in [0.5, 0.6) is 17.2 Å². The van der Waals surface area contributed by atoms with Gasteiger partial charge in [0.1, 0.15) is 17.4 Å². The van der Waals surface area contributed by atoms with Crippen molar-refractivity contribution in [1.82, 2.24) is 9.97 Å². The molecule has 12 heteroatoms. The second kappa shape index (κ2) is 12.1. The fourth-order valence-corrected chi connectivity index (χ4v) is 4.32. The Morgan fingerprint density at radius 1 is 0.897 bits per heavy atom. The average molecular weight is 570 g/mol. The number of aromatic nitrogens is 2. The Bertz CT molecular complexity index is 1570. The zero-order valence-corrected chi connectivity index (χ0v) is 23.4. The molecule has 0 aliphatic carbocycles. The summed E-state index contributed by atoms with van der Waals surface area (Å²) in [6.07, 6.45) is 2.50. The van der Waals surface area contributed by atoms with Crippen LogP contribution in [0.2, 0.25) is 5.02 Å². The largest absolute Gasteiger partial charge is 0.497 e. The summed E-state index contributed by atoms with van der Waals surface area (Å²) in [5.74, 6) is 2.15. The molecule has 0 radical (unpaired) electrons. The van der Waals surface area contributed by atoms with E-state index < -0.39 is 10.0 Å². The van der Waals surface area contributed by atoms with Crippen molar-refractivity contribution in [2.75, 3.05) is 35.8 Å². The smallest absolute Gasteiger partial charge is 0.229 e. The molecule has 0 aliphatic heterocycles. The molecule has 0 saturated heterocycles. The summed E-state index contributed by atoms with van der Waals surface area (Å²) in [6, 6.07) is 18.4. The molecular weight excluding hydrogens is 542 g/mol. The normalized spacial score (nSPS) is 11.0. The van der Waals surface area contributed by atoms with E-state index in [1.807, 2.05) is 49.4 Å². The van der Waals surface area contributed by atoms with Crippen LogP contribution in [0.25, 0.3) is 0 Å². The predicted molar refractivity (Wildman–Crippen MR) is 154 cm³/mol. The summed E-state index contributed by atoms with van der Waals surface area (Å²) in [5.41, 5.74) is 3.30. The van der Waals surface area contributed by atoms with Gasteiger partial charge in [-0.2, -0.15) is 4.98 Å². The fourth-order valence-electron chi connectivity index (χ4n) is 3.61. The van der Waals surface area contributed by atoms with Crippen LogP contribution >= 0.6 is 11.6 Å². The van der Waals surface area contributed by atoms with E-state index in [1.165, 1.54) is 13.3 Å². The molecule has 4 rings (SSSR count). The molecular formula is C27H28ClN5O5S. The monoisotopic (exact) mass is 569 g/mol. The van der Waals surface area contributed by atoms with Gasteiger partial charge in [0.2, 0.25) is 16.0 Å². The number of hydrogen-bond donors (Lipinski definition) is 3. The van der Waals surface area contributed by atoms with Crippen molar-refractivity contribution in [2.24, 2.45) is 0 Å². The van der Waals surface area contributed by atoms with Crippen molar-refractivity contribution in [2.45, 2.75) is 13.5 Å². The molecule has 0 bridgehead atoms. The van der Waals surface area contributed by atoms with Gasteiger partial charge in [-0.3, -0.25) is 4.72 Å². The Balaban J connectivity index is 1.60. The molecule has 0 spiro atoms. The van der Waals surface area contributed by atoms with Crippen LogP contribution in [0.15, 0.2) is 66.9 Å². The van der Waals surface area contributed by atoms with Crippen molar-refractivity contribution in [3.63, 3.8) is 0 Å². The number of hydrogen-bond acceptors (Lipinski definition) is 9.